The molecule has 2 atom stereocenters. The van der Waals surface area contributed by atoms with Crippen LogP contribution in [-0.4, -0.2) is 27.9 Å². The molecule has 1 saturated heterocycles. The number of nitriles is 1. The molecule has 5 nitrogen and oxygen atoms in total. The first-order valence-corrected chi connectivity index (χ1v) is 7.16. The summed E-state index contributed by atoms with van der Waals surface area (Å²) in [5.41, 5.74) is 1.24. The van der Waals surface area contributed by atoms with Crippen LogP contribution in [0.1, 0.15) is 42.9 Å². The van der Waals surface area contributed by atoms with Crippen molar-refractivity contribution in [3.8, 4) is 6.07 Å². The zero-order valence-electron chi connectivity index (χ0n) is 11.5. The summed E-state index contributed by atoms with van der Waals surface area (Å²) in [6.07, 6.45) is 2.53. The molecule has 2 aliphatic rings. The molecule has 5 heteroatoms. The molecule has 1 amide bonds. The van der Waals surface area contributed by atoms with E-state index < -0.39 is 17.9 Å². The summed E-state index contributed by atoms with van der Waals surface area (Å²) in [7, 11) is 0. The highest BCUT2D eigenvalue weighted by molar-refractivity contribution is 5.82. The number of benzene rings is 1. The second-order valence-corrected chi connectivity index (χ2v) is 5.70. The van der Waals surface area contributed by atoms with Crippen molar-refractivity contribution >= 4 is 11.9 Å². The fraction of sp³-hybridized carbons (Fsp3) is 0.438. The van der Waals surface area contributed by atoms with Crippen LogP contribution in [0.15, 0.2) is 24.3 Å². The Morgan fingerprint density at radius 2 is 2.10 bits per heavy atom. The smallest absolute Gasteiger partial charge is 0.308 e. The summed E-state index contributed by atoms with van der Waals surface area (Å²) in [5, 5.41) is 18.5. The van der Waals surface area contributed by atoms with Gasteiger partial charge in [-0.2, -0.15) is 5.26 Å². The Morgan fingerprint density at radius 1 is 1.33 bits per heavy atom. The van der Waals surface area contributed by atoms with Gasteiger partial charge in [0.2, 0.25) is 5.91 Å². The number of amides is 1. The molecule has 1 aliphatic carbocycles. The van der Waals surface area contributed by atoms with E-state index in [1.54, 1.807) is 23.1 Å². The third kappa shape index (κ3) is 2.49. The number of piperidine rings is 1. The molecule has 0 spiro atoms. The molecule has 3 rings (SSSR count). The molecular formula is C16H16N2O3. The van der Waals surface area contributed by atoms with Gasteiger partial charge in [0.05, 0.1) is 23.6 Å². The van der Waals surface area contributed by atoms with E-state index in [4.69, 9.17) is 5.26 Å². The lowest BCUT2D eigenvalue weighted by Gasteiger charge is -2.40. The number of carboxylic acids is 1. The van der Waals surface area contributed by atoms with Gasteiger partial charge in [0.25, 0.3) is 0 Å². The van der Waals surface area contributed by atoms with Crippen LogP contribution < -0.4 is 0 Å². The minimum absolute atomic E-state index is 0.0300. The van der Waals surface area contributed by atoms with Gasteiger partial charge in [-0.15, -0.1) is 0 Å². The van der Waals surface area contributed by atoms with Crippen LogP contribution in [-0.2, 0) is 9.59 Å². The van der Waals surface area contributed by atoms with E-state index in [9.17, 15) is 14.7 Å². The fourth-order valence-corrected chi connectivity index (χ4v) is 3.14. The Hall–Kier alpha value is -2.35. The predicted molar refractivity (Wildman–Crippen MR) is 74.1 cm³/mol. The molecular weight excluding hydrogens is 268 g/mol. The monoisotopic (exact) mass is 284 g/mol. The highest BCUT2D eigenvalue weighted by Crippen LogP contribution is 2.43. The first-order valence-electron chi connectivity index (χ1n) is 7.16. The van der Waals surface area contributed by atoms with Crippen LogP contribution in [0.25, 0.3) is 0 Å². The molecule has 1 N–H and O–H groups in total. The average Bonchev–Trinajstić information content (AvgIpc) is 3.31. The third-order valence-corrected chi connectivity index (χ3v) is 4.25. The molecule has 1 aliphatic heterocycles. The molecule has 0 radical (unpaired) electrons. The minimum Gasteiger partial charge on any atom is -0.481 e. The number of likely N-dealkylation sites (tertiary alicyclic amines) is 1. The maximum absolute atomic E-state index is 12.3. The van der Waals surface area contributed by atoms with Crippen LogP contribution in [0, 0.1) is 17.2 Å². The van der Waals surface area contributed by atoms with E-state index in [0.717, 1.165) is 18.4 Å². The first-order chi connectivity index (χ1) is 10.1. The molecule has 1 aromatic carbocycles. The second kappa shape index (κ2) is 5.21. The van der Waals surface area contributed by atoms with Gasteiger partial charge >= 0.3 is 5.97 Å². The maximum Gasteiger partial charge on any atom is 0.308 e. The number of hydrogen-bond acceptors (Lipinski definition) is 3. The van der Waals surface area contributed by atoms with Crippen molar-refractivity contribution in [1.82, 2.24) is 4.90 Å². The summed E-state index contributed by atoms with van der Waals surface area (Å²) in [4.78, 5) is 25.6. The van der Waals surface area contributed by atoms with Crippen molar-refractivity contribution in [3.63, 3.8) is 0 Å². The van der Waals surface area contributed by atoms with E-state index in [0.29, 0.717) is 18.4 Å². The Morgan fingerprint density at radius 3 is 2.71 bits per heavy atom. The standard InChI is InChI=1S/C16H16N2O3/c17-9-10-2-1-3-11(8-10)15-13(16(20)21)6-7-14(19)18(15)12-4-5-12/h1-3,8,12-13,15H,4-7H2,(H,20,21). The molecule has 1 aromatic rings. The fourth-order valence-electron chi connectivity index (χ4n) is 3.14. The van der Waals surface area contributed by atoms with Gasteiger partial charge in [0, 0.05) is 12.5 Å². The quantitative estimate of drug-likeness (QED) is 0.921. The van der Waals surface area contributed by atoms with Gasteiger partial charge in [0.15, 0.2) is 0 Å². The van der Waals surface area contributed by atoms with Gasteiger partial charge in [0.1, 0.15) is 0 Å². The number of carbonyl (C=O) groups excluding carboxylic acids is 1. The third-order valence-electron chi connectivity index (χ3n) is 4.25. The van der Waals surface area contributed by atoms with Crippen molar-refractivity contribution in [1.29, 1.82) is 5.26 Å². The summed E-state index contributed by atoms with van der Waals surface area (Å²) in [6, 6.07) is 8.73. The van der Waals surface area contributed by atoms with Crippen LogP contribution >= 0.6 is 0 Å². The number of nitrogens with zero attached hydrogens (tertiary/aromatic N) is 2. The summed E-state index contributed by atoms with van der Waals surface area (Å²) in [6.45, 7) is 0. The Kier molecular flexibility index (Phi) is 3.38. The van der Waals surface area contributed by atoms with Gasteiger partial charge in [-0.05, 0) is 37.0 Å². The lowest BCUT2D eigenvalue weighted by Crippen LogP contribution is -2.46. The van der Waals surface area contributed by atoms with Crippen LogP contribution in [0.4, 0.5) is 0 Å². The van der Waals surface area contributed by atoms with Gasteiger partial charge in [-0.1, -0.05) is 12.1 Å². The lowest BCUT2D eigenvalue weighted by molar-refractivity contribution is -0.152. The maximum atomic E-state index is 12.3. The van der Waals surface area contributed by atoms with Crippen molar-refractivity contribution in [2.45, 2.75) is 37.8 Å². The van der Waals surface area contributed by atoms with Gasteiger partial charge < -0.3 is 10.0 Å². The zero-order chi connectivity index (χ0) is 15.0. The van der Waals surface area contributed by atoms with E-state index in [1.807, 2.05) is 6.07 Å². The van der Waals surface area contributed by atoms with Crippen LogP contribution in [0.5, 0.6) is 0 Å². The van der Waals surface area contributed by atoms with Crippen LogP contribution in [0.2, 0.25) is 0 Å². The molecule has 2 fully saturated rings. The zero-order valence-corrected chi connectivity index (χ0v) is 11.5. The number of carboxylic acid groups (broad SMARTS) is 1. The normalized spacial score (nSPS) is 25.5. The topological polar surface area (TPSA) is 81.4 Å². The highest BCUT2D eigenvalue weighted by atomic mass is 16.4. The minimum atomic E-state index is -0.875. The lowest BCUT2D eigenvalue weighted by atomic mass is 9.83. The number of carbonyl (C=O) groups is 2. The Balaban J connectivity index is 2.04. The Bertz CT molecular complexity index is 631. The summed E-state index contributed by atoms with van der Waals surface area (Å²) >= 11 is 0. The molecule has 1 heterocycles. The van der Waals surface area contributed by atoms with Crippen molar-refractivity contribution in [2.24, 2.45) is 5.92 Å². The number of rotatable bonds is 3. The largest absolute Gasteiger partial charge is 0.481 e. The van der Waals surface area contributed by atoms with Gasteiger partial charge in [-0.3, -0.25) is 9.59 Å². The second-order valence-electron chi connectivity index (χ2n) is 5.70. The predicted octanol–water partition coefficient (Wildman–Crippen LogP) is 2.08. The van der Waals surface area contributed by atoms with Gasteiger partial charge in [-0.25, -0.2) is 0 Å². The van der Waals surface area contributed by atoms with Crippen molar-refractivity contribution in [3.05, 3.63) is 35.4 Å². The molecule has 0 bridgehead atoms. The summed E-state index contributed by atoms with van der Waals surface area (Å²) < 4.78 is 0. The molecule has 2 unspecified atom stereocenters. The number of hydrogen-bond donors (Lipinski definition) is 1. The van der Waals surface area contributed by atoms with E-state index in [-0.39, 0.29) is 11.9 Å². The SMILES string of the molecule is N#Cc1cccc(C2C(C(=O)O)CCC(=O)N2C2CC2)c1. The van der Waals surface area contributed by atoms with Crippen molar-refractivity contribution in [2.75, 3.05) is 0 Å². The molecule has 1 saturated carbocycles. The van der Waals surface area contributed by atoms with E-state index in [2.05, 4.69) is 6.07 Å². The summed E-state index contributed by atoms with van der Waals surface area (Å²) in [5.74, 6) is -1.44. The average molecular weight is 284 g/mol. The molecule has 0 aromatic heterocycles. The Labute approximate surface area is 122 Å². The van der Waals surface area contributed by atoms with Crippen LogP contribution in [0.3, 0.4) is 0 Å². The highest BCUT2D eigenvalue weighted by Gasteiger charge is 2.46. The van der Waals surface area contributed by atoms with E-state index in [1.165, 1.54) is 0 Å². The first kappa shape index (κ1) is 13.6. The van der Waals surface area contributed by atoms with E-state index >= 15 is 0 Å². The molecule has 21 heavy (non-hydrogen) atoms. The molecule has 108 valence electrons. The van der Waals surface area contributed by atoms with Crippen molar-refractivity contribution < 1.29 is 14.7 Å². The number of aliphatic carboxylic acids is 1.